The second-order valence-electron chi connectivity index (χ2n) is 4.06. The molecule has 0 radical (unpaired) electrons. The number of benzene rings is 1. The van der Waals surface area contributed by atoms with E-state index in [1.165, 1.54) is 6.92 Å². The van der Waals surface area contributed by atoms with Crippen molar-refractivity contribution in [2.75, 3.05) is 6.61 Å². The summed E-state index contributed by atoms with van der Waals surface area (Å²) in [6.45, 7) is 1.32. The van der Waals surface area contributed by atoms with Crippen molar-refractivity contribution in [3.05, 3.63) is 39.4 Å². The number of nitrogens with zero attached hydrogens (tertiary/aromatic N) is 2. The van der Waals surface area contributed by atoms with Crippen LogP contribution in [0.5, 0.6) is 0 Å². The number of fused-ring (bicyclic) bond motifs is 1. The van der Waals surface area contributed by atoms with Gasteiger partial charge in [-0.2, -0.15) is 0 Å². The quantitative estimate of drug-likeness (QED) is 0.270. The molecular weight excluding hydrogens is 287 g/mol. The van der Waals surface area contributed by atoms with E-state index in [4.69, 9.17) is 0 Å². The third-order valence-corrected chi connectivity index (χ3v) is 2.82. The van der Waals surface area contributed by atoms with E-state index >= 15 is 0 Å². The van der Waals surface area contributed by atoms with Gasteiger partial charge in [0.2, 0.25) is 0 Å². The van der Waals surface area contributed by atoms with Gasteiger partial charge in [-0.3, -0.25) is 19.7 Å². The van der Waals surface area contributed by atoms with Crippen LogP contribution in [0.2, 0.25) is 0 Å². The number of imide groups is 1. The molecule has 110 valence electrons. The zero-order chi connectivity index (χ0) is 15.7. The molecule has 9 heteroatoms. The Balaban J connectivity index is 2.38. The Bertz CT molecular complexity index is 659. The number of non-ortho nitro benzene ring substituents is 1. The van der Waals surface area contributed by atoms with Crippen LogP contribution in [-0.2, 0) is 9.53 Å². The van der Waals surface area contributed by atoms with Crippen molar-refractivity contribution < 1.29 is 28.4 Å². The van der Waals surface area contributed by atoms with Crippen LogP contribution in [0.3, 0.4) is 0 Å². The monoisotopic (exact) mass is 296 g/mol. The lowest BCUT2D eigenvalue weighted by Crippen LogP contribution is -2.42. The average Bonchev–Trinajstić information content (AvgIpc) is 2.70. The molecule has 1 aromatic carbocycles. The van der Waals surface area contributed by atoms with Crippen molar-refractivity contribution in [3.63, 3.8) is 0 Å². The van der Waals surface area contributed by atoms with Crippen LogP contribution in [0.25, 0.3) is 0 Å². The maximum atomic E-state index is 13.9. The minimum absolute atomic E-state index is 0.0897. The van der Waals surface area contributed by atoms with Gasteiger partial charge in [-0.25, -0.2) is 14.1 Å². The molecule has 2 rings (SSSR count). The van der Waals surface area contributed by atoms with Gasteiger partial charge in [-0.15, -0.1) is 0 Å². The topological polar surface area (TPSA) is 107 Å². The van der Waals surface area contributed by atoms with E-state index in [0.717, 1.165) is 18.2 Å². The van der Waals surface area contributed by atoms with Crippen LogP contribution in [0.4, 0.5) is 10.1 Å². The average molecular weight is 296 g/mol. The van der Waals surface area contributed by atoms with Gasteiger partial charge in [0, 0.05) is 12.1 Å². The molecule has 2 amide bonds. The summed E-state index contributed by atoms with van der Waals surface area (Å²) in [7, 11) is 0. The number of carbonyl (C=O) groups is 3. The summed E-state index contributed by atoms with van der Waals surface area (Å²) in [6.07, 6.45) is -2.59. The lowest BCUT2D eigenvalue weighted by atomic mass is 10.1. The van der Waals surface area contributed by atoms with Crippen LogP contribution in [0.1, 0.15) is 27.6 Å². The number of esters is 1. The molecule has 8 nitrogen and oxygen atoms in total. The van der Waals surface area contributed by atoms with Crippen molar-refractivity contribution in [1.82, 2.24) is 4.90 Å². The number of nitro groups is 1. The van der Waals surface area contributed by atoms with Crippen LogP contribution in [-0.4, -0.2) is 40.5 Å². The lowest BCUT2D eigenvalue weighted by molar-refractivity contribution is -0.384. The van der Waals surface area contributed by atoms with Crippen molar-refractivity contribution in [1.29, 1.82) is 0 Å². The van der Waals surface area contributed by atoms with Gasteiger partial charge in [0.15, 0.2) is 0 Å². The number of carbonyl (C=O) groups excluding carboxylic acids is 3. The molecule has 0 spiro atoms. The van der Waals surface area contributed by atoms with Crippen LogP contribution < -0.4 is 0 Å². The molecule has 0 saturated carbocycles. The largest absolute Gasteiger partial charge is 0.462 e. The fourth-order valence-corrected chi connectivity index (χ4v) is 1.88. The maximum absolute atomic E-state index is 13.9. The molecule has 0 aliphatic carbocycles. The zero-order valence-corrected chi connectivity index (χ0v) is 10.7. The Morgan fingerprint density at radius 1 is 1.38 bits per heavy atom. The summed E-state index contributed by atoms with van der Waals surface area (Å²) in [5.41, 5.74) is -0.929. The summed E-state index contributed by atoms with van der Waals surface area (Å²) >= 11 is 0. The van der Waals surface area contributed by atoms with Gasteiger partial charge >= 0.3 is 5.97 Å². The van der Waals surface area contributed by atoms with E-state index < -0.39 is 34.7 Å². The van der Waals surface area contributed by atoms with E-state index in [9.17, 15) is 28.9 Å². The first-order valence-electron chi connectivity index (χ1n) is 5.85. The van der Waals surface area contributed by atoms with E-state index in [1.807, 2.05) is 0 Å². The molecule has 0 fully saturated rings. The first kappa shape index (κ1) is 14.6. The van der Waals surface area contributed by atoms with Crippen molar-refractivity contribution in [2.24, 2.45) is 0 Å². The summed E-state index contributed by atoms with van der Waals surface area (Å²) < 4.78 is 18.3. The Hall–Kier alpha value is -2.84. The Kier molecular flexibility index (Phi) is 3.66. The fourth-order valence-electron chi connectivity index (χ4n) is 1.88. The number of rotatable bonds is 4. The molecular formula is C12H9FN2O6. The van der Waals surface area contributed by atoms with Gasteiger partial charge in [-0.05, 0) is 13.0 Å². The molecule has 1 aliphatic rings. The molecule has 0 bridgehead atoms. The number of nitro benzene ring substituents is 1. The second-order valence-corrected chi connectivity index (χ2v) is 4.06. The first-order valence-corrected chi connectivity index (χ1v) is 5.85. The van der Waals surface area contributed by atoms with Gasteiger partial charge < -0.3 is 4.74 Å². The molecule has 0 N–H and O–H groups in total. The standard InChI is InChI=1S/C12H9FN2O6/c1-2-21-12(18)9(13)14-10(16)7-4-3-6(15(19)20)5-8(7)11(14)17/h3-5,9H,2H2,1H3. The molecule has 0 aromatic heterocycles. The fraction of sp³-hybridized carbons (Fsp3) is 0.250. The number of hydrogen-bond donors (Lipinski definition) is 0. The minimum Gasteiger partial charge on any atom is -0.462 e. The number of amides is 2. The number of halogens is 1. The molecule has 1 aliphatic heterocycles. The highest BCUT2D eigenvalue weighted by Crippen LogP contribution is 2.28. The van der Waals surface area contributed by atoms with Gasteiger partial charge in [0.05, 0.1) is 22.7 Å². The summed E-state index contributed by atoms with van der Waals surface area (Å²) in [4.78, 5) is 45.2. The normalized spacial score (nSPS) is 14.9. The van der Waals surface area contributed by atoms with Crippen LogP contribution >= 0.6 is 0 Å². The molecule has 1 unspecified atom stereocenters. The Morgan fingerprint density at radius 2 is 2.00 bits per heavy atom. The predicted octanol–water partition coefficient (Wildman–Crippen LogP) is 1.05. The molecule has 21 heavy (non-hydrogen) atoms. The van der Waals surface area contributed by atoms with E-state index in [-0.39, 0.29) is 22.6 Å². The SMILES string of the molecule is CCOC(=O)C(F)N1C(=O)c2ccc([N+](=O)[O-])cc2C1=O. The third kappa shape index (κ3) is 2.33. The van der Waals surface area contributed by atoms with Gasteiger partial charge in [0.25, 0.3) is 23.8 Å². The highest BCUT2D eigenvalue weighted by molar-refractivity contribution is 6.22. The van der Waals surface area contributed by atoms with Crippen LogP contribution in [0, 0.1) is 10.1 Å². The summed E-state index contributed by atoms with van der Waals surface area (Å²) in [6, 6.07) is 2.93. The number of hydrogen-bond acceptors (Lipinski definition) is 6. The molecule has 1 heterocycles. The van der Waals surface area contributed by atoms with E-state index in [2.05, 4.69) is 4.74 Å². The van der Waals surface area contributed by atoms with Gasteiger partial charge in [0.1, 0.15) is 0 Å². The van der Waals surface area contributed by atoms with Crippen molar-refractivity contribution >= 4 is 23.5 Å². The highest BCUT2D eigenvalue weighted by Gasteiger charge is 2.44. The summed E-state index contributed by atoms with van der Waals surface area (Å²) in [5.74, 6) is -3.52. The zero-order valence-electron chi connectivity index (χ0n) is 10.7. The lowest BCUT2D eigenvalue weighted by Gasteiger charge is -2.17. The Morgan fingerprint density at radius 3 is 2.57 bits per heavy atom. The first-order chi connectivity index (χ1) is 9.88. The third-order valence-electron chi connectivity index (χ3n) is 2.82. The van der Waals surface area contributed by atoms with Crippen molar-refractivity contribution in [2.45, 2.75) is 13.2 Å². The van der Waals surface area contributed by atoms with Crippen molar-refractivity contribution in [3.8, 4) is 0 Å². The van der Waals surface area contributed by atoms with Crippen LogP contribution in [0.15, 0.2) is 18.2 Å². The predicted molar refractivity (Wildman–Crippen MR) is 65.1 cm³/mol. The van der Waals surface area contributed by atoms with E-state index in [1.54, 1.807) is 0 Å². The molecule has 1 atom stereocenters. The number of alkyl halides is 1. The second kappa shape index (κ2) is 5.27. The number of ether oxygens (including phenoxy) is 1. The molecule has 0 saturated heterocycles. The van der Waals surface area contributed by atoms with E-state index in [0.29, 0.717) is 0 Å². The van der Waals surface area contributed by atoms with Gasteiger partial charge in [-0.1, -0.05) is 0 Å². The smallest absolute Gasteiger partial charge is 0.362 e. The minimum atomic E-state index is -2.59. The molecule has 1 aromatic rings. The maximum Gasteiger partial charge on any atom is 0.362 e. The highest BCUT2D eigenvalue weighted by atomic mass is 19.1. The summed E-state index contributed by atoms with van der Waals surface area (Å²) in [5, 5.41) is 10.6. The Labute approximate surface area is 117 Å².